The van der Waals surface area contributed by atoms with Crippen LogP contribution in [-0.2, 0) is 10.0 Å². The highest BCUT2D eigenvalue weighted by Gasteiger charge is 2.15. The summed E-state index contributed by atoms with van der Waals surface area (Å²) in [6.45, 7) is 0. The first-order chi connectivity index (χ1) is 7.99. The third-order valence-electron chi connectivity index (χ3n) is 1.96. The van der Waals surface area contributed by atoms with Gasteiger partial charge in [-0.2, -0.15) is 5.10 Å². The second kappa shape index (κ2) is 4.13. The molecule has 1 heterocycles. The lowest BCUT2D eigenvalue weighted by molar-refractivity contribution is 0.509. The fraction of sp³-hybridized carbons (Fsp3) is 0. The number of aromatic nitrogens is 2. The summed E-state index contributed by atoms with van der Waals surface area (Å²) in [4.78, 5) is -0.0952. The first kappa shape index (κ1) is 11.5. The number of anilines is 1. The zero-order chi connectivity index (χ0) is 12.5. The van der Waals surface area contributed by atoms with E-state index in [0.717, 1.165) is 24.4 Å². The van der Waals surface area contributed by atoms with Gasteiger partial charge in [0, 0.05) is 12.3 Å². The van der Waals surface area contributed by atoms with Crippen LogP contribution in [-0.4, -0.2) is 18.6 Å². The van der Waals surface area contributed by atoms with Crippen molar-refractivity contribution in [2.45, 2.75) is 4.90 Å². The number of benzene rings is 1. The lowest BCUT2D eigenvalue weighted by Gasteiger charge is -2.05. The number of nitrogens with one attached hydrogen (secondary N) is 2. The van der Waals surface area contributed by atoms with E-state index in [1.54, 1.807) is 0 Å². The van der Waals surface area contributed by atoms with Crippen molar-refractivity contribution >= 4 is 15.7 Å². The second-order valence-electron chi connectivity index (χ2n) is 3.17. The van der Waals surface area contributed by atoms with Crippen molar-refractivity contribution < 1.29 is 17.2 Å². The fourth-order valence-corrected chi connectivity index (χ4v) is 2.11. The van der Waals surface area contributed by atoms with E-state index in [0.29, 0.717) is 0 Å². The number of H-pyrrole nitrogens is 1. The lowest BCUT2D eigenvalue weighted by Crippen LogP contribution is -2.12. The van der Waals surface area contributed by atoms with E-state index in [4.69, 9.17) is 0 Å². The van der Waals surface area contributed by atoms with E-state index in [-0.39, 0.29) is 10.6 Å². The van der Waals surface area contributed by atoms with Gasteiger partial charge in [-0.1, -0.05) is 0 Å². The van der Waals surface area contributed by atoms with Crippen LogP contribution in [0, 0.1) is 11.6 Å². The maximum atomic E-state index is 12.9. The largest absolute Gasteiger partial charge is 0.284 e. The van der Waals surface area contributed by atoms with Crippen molar-refractivity contribution in [1.82, 2.24) is 10.2 Å². The number of sulfonamides is 1. The molecular formula is C9H7F2N3O2S. The Hall–Kier alpha value is -1.96. The van der Waals surface area contributed by atoms with Crippen LogP contribution in [0.3, 0.4) is 0 Å². The van der Waals surface area contributed by atoms with Crippen LogP contribution in [0.1, 0.15) is 0 Å². The molecule has 0 radical (unpaired) electrons. The molecule has 0 aliphatic rings. The summed E-state index contributed by atoms with van der Waals surface area (Å²) < 4.78 is 50.9. The third kappa shape index (κ3) is 2.41. The molecule has 0 atom stereocenters. The Bertz CT molecular complexity index is 626. The molecule has 1 aromatic carbocycles. The summed E-state index contributed by atoms with van der Waals surface area (Å²) in [6, 6.07) is 2.71. The first-order valence-corrected chi connectivity index (χ1v) is 5.94. The van der Waals surface area contributed by atoms with E-state index in [1.165, 1.54) is 6.20 Å². The molecule has 2 N–H and O–H groups in total. The van der Waals surface area contributed by atoms with Crippen molar-refractivity contribution in [3.63, 3.8) is 0 Å². The van der Waals surface area contributed by atoms with Gasteiger partial charge in [-0.3, -0.25) is 9.82 Å². The molecule has 8 heteroatoms. The van der Waals surface area contributed by atoms with Gasteiger partial charge in [0.25, 0.3) is 10.0 Å². The highest BCUT2D eigenvalue weighted by molar-refractivity contribution is 7.92. The highest BCUT2D eigenvalue weighted by Crippen LogP contribution is 2.17. The van der Waals surface area contributed by atoms with Crippen LogP contribution in [0.25, 0.3) is 0 Å². The van der Waals surface area contributed by atoms with Gasteiger partial charge < -0.3 is 0 Å². The molecule has 0 saturated heterocycles. The van der Waals surface area contributed by atoms with Crippen LogP contribution >= 0.6 is 0 Å². The van der Waals surface area contributed by atoms with Gasteiger partial charge in [0.2, 0.25) is 0 Å². The Morgan fingerprint density at radius 2 is 2.00 bits per heavy atom. The number of nitrogens with zero attached hydrogens (tertiary/aromatic N) is 1. The Morgan fingerprint density at radius 1 is 1.24 bits per heavy atom. The molecule has 90 valence electrons. The van der Waals surface area contributed by atoms with Crippen molar-refractivity contribution in [2.24, 2.45) is 0 Å². The Labute approximate surface area is 95.5 Å². The Balaban J connectivity index is 2.30. The maximum Gasteiger partial charge on any atom is 0.265 e. The van der Waals surface area contributed by atoms with E-state index in [1.807, 2.05) is 0 Å². The third-order valence-corrected chi connectivity index (χ3v) is 3.30. The van der Waals surface area contributed by atoms with Crippen LogP contribution < -0.4 is 4.72 Å². The molecule has 17 heavy (non-hydrogen) atoms. The highest BCUT2D eigenvalue weighted by atomic mass is 32.2. The summed E-state index contributed by atoms with van der Waals surface area (Å²) >= 11 is 0. The average Bonchev–Trinajstić information content (AvgIpc) is 2.77. The second-order valence-corrected chi connectivity index (χ2v) is 4.85. The SMILES string of the molecule is O=S(=O)(Nc1ccc(F)c(F)c1)c1cn[nH]c1. The number of halogens is 2. The van der Waals surface area contributed by atoms with Gasteiger partial charge >= 0.3 is 0 Å². The van der Waals surface area contributed by atoms with Gasteiger partial charge in [0.1, 0.15) is 4.90 Å². The molecule has 0 aliphatic carbocycles. The summed E-state index contributed by atoms with van der Waals surface area (Å²) in [7, 11) is -3.83. The summed E-state index contributed by atoms with van der Waals surface area (Å²) in [5.74, 6) is -2.17. The molecule has 0 aliphatic heterocycles. The van der Waals surface area contributed by atoms with Gasteiger partial charge in [0.05, 0.1) is 11.9 Å². The zero-order valence-electron chi connectivity index (χ0n) is 8.31. The molecule has 0 saturated carbocycles. The lowest BCUT2D eigenvalue weighted by atomic mass is 10.3. The molecule has 5 nitrogen and oxygen atoms in total. The summed E-state index contributed by atoms with van der Waals surface area (Å²) in [5.41, 5.74) is -0.0647. The summed E-state index contributed by atoms with van der Waals surface area (Å²) in [5, 5.41) is 5.82. The quantitative estimate of drug-likeness (QED) is 0.876. The summed E-state index contributed by atoms with van der Waals surface area (Å²) in [6.07, 6.45) is 2.27. The van der Waals surface area contributed by atoms with Crippen molar-refractivity contribution in [3.05, 3.63) is 42.2 Å². The fourth-order valence-electron chi connectivity index (χ4n) is 1.16. The molecule has 0 unspecified atom stereocenters. The number of hydrogen-bond donors (Lipinski definition) is 2. The van der Waals surface area contributed by atoms with E-state index >= 15 is 0 Å². The van der Waals surface area contributed by atoms with Gasteiger partial charge in [-0.25, -0.2) is 17.2 Å². The maximum absolute atomic E-state index is 12.9. The molecule has 1 aromatic heterocycles. The molecule has 0 spiro atoms. The molecule has 2 aromatic rings. The normalized spacial score (nSPS) is 11.4. The van der Waals surface area contributed by atoms with Gasteiger partial charge in [0.15, 0.2) is 11.6 Å². The van der Waals surface area contributed by atoms with Crippen LogP contribution in [0.4, 0.5) is 14.5 Å². The molecule has 0 bridgehead atoms. The minimum atomic E-state index is -3.83. The molecule has 2 rings (SSSR count). The van der Waals surface area contributed by atoms with Crippen LogP contribution in [0.15, 0.2) is 35.5 Å². The number of hydrogen-bond acceptors (Lipinski definition) is 3. The Kier molecular flexibility index (Phi) is 2.80. The number of aromatic amines is 1. The minimum Gasteiger partial charge on any atom is -0.284 e. The average molecular weight is 259 g/mol. The van der Waals surface area contributed by atoms with E-state index in [9.17, 15) is 17.2 Å². The molecular weight excluding hydrogens is 252 g/mol. The topological polar surface area (TPSA) is 74.8 Å². The predicted molar refractivity (Wildman–Crippen MR) is 55.8 cm³/mol. The van der Waals surface area contributed by atoms with Crippen LogP contribution in [0.5, 0.6) is 0 Å². The van der Waals surface area contributed by atoms with Gasteiger partial charge in [-0.15, -0.1) is 0 Å². The van der Waals surface area contributed by atoms with Crippen molar-refractivity contribution in [1.29, 1.82) is 0 Å². The molecule has 0 amide bonds. The predicted octanol–water partition coefficient (Wildman–Crippen LogP) is 1.49. The minimum absolute atomic E-state index is 0.0647. The number of rotatable bonds is 3. The molecule has 0 fully saturated rings. The standard InChI is InChI=1S/C9H7F2N3O2S/c10-8-2-1-6(3-9(8)11)14-17(15,16)7-4-12-13-5-7/h1-5,14H,(H,12,13). The van der Waals surface area contributed by atoms with Gasteiger partial charge in [-0.05, 0) is 12.1 Å². The zero-order valence-corrected chi connectivity index (χ0v) is 9.13. The van der Waals surface area contributed by atoms with E-state index < -0.39 is 21.7 Å². The van der Waals surface area contributed by atoms with Crippen molar-refractivity contribution in [3.8, 4) is 0 Å². The first-order valence-electron chi connectivity index (χ1n) is 4.46. The smallest absolute Gasteiger partial charge is 0.265 e. The Morgan fingerprint density at radius 3 is 2.59 bits per heavy atom. The van der Waals surface area contributed by atoms with Crippen LogP contribution in [0.2, 0.25) is 0 Å². The van der Waals surface area contributed by atoms with Crippen molar-refractivity contribution in [2.75, 3.05) is 4.72 Å². The monoisotopic (exact) mass is 259 g/mol. The van der Waals surface area contributed by atoms with E-state index in [2.05, 4.69) is 14.9 Å².